The van der Waals surface area contributed by atoms with E-state index in [9.17, 15) is 13.2 Å². The number of alkyl halides is 4. The summed E-state index contributed by atoms with van der Waals surface area (Å²) in [5.41, 5.74) is 5.13. The molecule has 5 nitrogen and oxygen atoms in total. The third kappa shape index (κ3) is 3.66. The second-order valence-electron chi connectivity index (χ2n) is 3.62. The van der Waals surface area contributed by atoms with Gasteiger partial charge in [-0.05, 0) is 6.92 Å². The van der Waals surface area contributed by atoms with Crippen molar-refractivity contribution in [1.82, 2.24) is 0 Å². The van der Waals surface area contributed by atoms with Gasteiger partial charge >= 0.3 is 6.18 Å². The van der Waals surface area contributed by atoms with Crippen LogP contribution < -0.4 is 5.73 Å². The van der Waals surface area contributed by atoms with Gasteiger partial charge in [0, 0.05) is 0 Å². The molecule has 0 aromatic carbocycles. The van der Waals surface area contributed by atoms with Crippen LogP contribution >= 0.6 is 23.2 Å². The molecule has 1 aliphatic rings. The molecule has 2 atom stereocenters. The first-order chi connectivity index (χ1) is 8.68. The summed E-state index contributed by atoms with van der Waals surface area (Å²) >= 11 is 11.6. The van der Waals surface area contributed by atoms with E-state index in [2.05, 4.69) is 10.1 Å². The first-order valence-corrected chi connectivity index (χ1v) is 5.79. The Balaban J connectivity index is 3.05. The van der Waals surface area contributed by atoms with Gasteiger partial charge < -0.3 is 15.7 Å². The van der Waals surface area contributed by atoms with Crippen LogP contribution in [0, 0.1) is 0 Å². The molecule has 0 aromatic heterocycles. The molecule has 0 aliphatic carbocycles. The van der Waals surface area contributed by atoms with Crippen molar-refractivity contribution >= 4 is 34.7 Å². The minimum atomic E-state index is -4.56. The summed E-state index contributed by atoms with van der Waals surface area (Å²) in [6, 6.07) is 0. The number of halogens is 5. The van der Waals surface area contributed by atoms with Crippen LogP contribution in [-0.4, -0.2) is 41.0 Å². The summed E-state index contributed by atoms with van der Waals surface area (Å²) in [5.74, 6) is -0.737. The van der Waals surface area contributed by atoms with E-state index in [0.29, 0.717) is 0 Å². The number of hydrogen-bond donors (Lipinski definition) is 2. The zero-order valence-corrected chi connectivity index (χ0v) is 11.1. The van der Waals surface area contributed by atoms with Crippen LogP contribution in [-0.2, 0) is 4.74 Å². The Bertz CT molecular complexity index is 448. The van der Waals surface area contributed by atoms with Gasteiger partial charge in [-0.15, -0.1) is 11.6 Å². The van der Waals surface area contributed by atoms with Crippen molar-refractivity contribution < 1.29 is 23.1 Å². The Hall–Kier alpha value is -1.15. The van der Waals surface area contributed by atoms with Gasteiger partial charge in [0.1, 0.15) is 21.9 Å². The van der Waals surface area contributed by atoms with Crippen LogP contribution in [0.2, 0.25) is 0 Å². The number of oxime groups is 1. The molecule has 19 heavy (non-hydrogen) atoms. The summed E-state index contributed by atoms with van der Waals surface area (Å²) in [4.78, 5) is 3.80. The van der Waals surface area contributed by atoms with Crippen LogP contribution in [0.3, 0.4) is 0 Å². The summed E-state index contributed by atoms with van der Waals surface area (Å²) in [7, 11) is 0. The maximum Gasteiger partial charge on any atom is 0.425 e. The maximum absolute atomic E-state index is 12.4. The van der Waals surface area contributed by atoms with E-state index in [1.165, 1.54) is 0 Å². The van der Waals surface area contributed by atoms with E-state index in [-0.39, 0.29) is 23.0 Å². The Morgan fingerprint density at radius 2 is 2.21 bits per heavy atom. The lowest BCUT2D eigenvalue weighted by molar-refractivity contribution is -0.203. The average Bonchev–Trinajstić information content (AvgIpc) is 2.32. The molecule has 0 aromatic rings. The normalized spacial score (nSPS) is 23.2. The molecule has 2 unspecified atom stereocenters. The van der Waals surface area contributed by atoms with Gasteiger partial charge in [-0.1, -0.05) is 16.8 Å². The number of nitrogens with zero attached hydrogens (tertiary/aromatic N) is 2. The molecule has 1 aliphatic heterocycles. The predicted octanol–water partition coefficient (Wildman–Crippen LogP) is 2.21. The number of rotatable bonds is 3. The van der Waals surface area contributed by atoms with E-state index in [1.807, 2.05) is 0 Å². The second-order valence-corrected chi connectivity index (χ2v) is 4.53. The van der Waals surface area contributed by atoms with Gasteiger partial charge in [0.05, 0.1) is 6.54 Å². The van der Waals surface area contributed by atoms with E-state index in [0.717, 1.165) is 6.92 Å². The van der Waals surface area contributed by atoms with E-state index >= 15 is 0 Å². The minimum Gasteiger partial charge on any atom is -0.482 e. The molecular formula is C9H10Cl2F3N3O2. The van der Waals surface area contributed by atoms with Crippen LogP contribution in [0.5, 0.6) is 0 Å². The lowest BCUT2D eigenvalue weighted by Gasteiger charge is -2.25. The molecule has 10 heteroatoms. The number of amidine groups is 1. The van der Waals surface area contributed by atoms with Gasteiger partial charge in [0.2, 0.25) is 0 Å². The van der Waals surface area contributed by atoms with Crippen LogP contribution in [0.25, 0.3) is 0 Å². The summed E-state index contributed by atoms with van der Waals surface area (Å²) < 4.78 is 42.0. The monoisotopic (exact) mass is 319 g/mol. The Labute approximate surface area is 116 Å². The highest BCUT2D eigenvalue weighted by atomic mass is 35.5. The zero-order valence-electron chi connectivity index (χ0n) is 9.58. The number of aliphatic imine (C=N–C) groups is 1. The molecule has 0 radical (unpaired) electrons. The molecule has 3 N–H and O–H groups in total. The van der Waals surface area contributed by atoms with Crippen molar-refractivity contribution in [3.63, 3.8) is 0 Å². The molecular weight excluding hydrogens is 310 g/mol. The highest BCUT2D eigenvalue weighted by Crippen LogP contribution is 2.31. The van der Waals surface area contributed by atoms with Crippen molar-refractivity contribution in [3.05, 3.63) is 10.8 Å². The Morgan fingerprint density at radius 3 is 2.68 bits per heavy atom. The Morgan fingerprint density at radius 1 is 1.63 bits per heavy atom. The number of ether oxygens (including phenoxy) is 1. The van der Waals surface area contributed by atoms with E-state index in [1.54, 1.807) is 0 Å². The fourth-order valence-electron chi connectivity index (χ4n) is 1.20. The highest BCUT2D eigenvalue weighted by molar-refractivity contribution is 6.60. The second kappa shape index (κ2) is 5.87. The van der Waals surface area contributed by atoms with Gasteiger partial charge in [-0.25, -0.2) is 0 Å². The lowest BCUT2D eigenvalue weighted by Crippen LogP contribution is -2.35. The summed E-state index contributed by atoms with van der Waals surface area (Å²) in [6.45, 7) is 0.721. The van der Waals surface area contributed by atoms with Crippen molar-refractivity contribution in [2.45, 2.75) is 24.6 Å². The van der Waals surface area contributed by atoms with Gasteiger partial charge in [0.15, 0.2) is 11.9 Å². The van der Waals surface area contributed by atoms with Gasteiger partial charge in [-0.3, -0.25) is 4.99 Å². The highest BCUT2D eigenvalue weighted by Gasteiger charge is 2.40. The number of hydrogen-bond acceptors (Lipinski definition) is 4. The first-order valence-electron chi connectivity index (χ1n) is 4.98. The molecule has 0 saturated heterocycles. The van der Waals surface area contributed by atoms with Gasteiger partial charge in [0.25, 0.3) is 0 Å². The maximum atomic E-state index is 12.4. The minimum absolute atomic E-state index is 0.0940. The number of nitrogens with two attached hydrogens (primary N) is 1. The molecule has 1 rings (SSSR count). The zero-order chi connectivity index (χ0) is 14.8. The molecule has 108 valence electrons. The molecule has 0 saturated carbocycles. The number of dihydropyridines is 1. The Kier molecular flexibility index (Phi) is 4.92. The van der Waals surface area contributed by atoms with Crippen LogP contribution in [0.4, 0.5) is 13.2 Å². The van der Waals surface area contributed by atoms with Crippen LogP contribution in [0.15, 0.2) is 20.9 Å². The lowest BCUT2D eigenvalue weighted by atomic mass is 10.2. The fourth-order valence-corrected chi connectivity index (χ4v) is 1.82. The summed E-state index contributed by atoms with van der Waals surface area (Å²) in [5, 5.41) is 9.93. The van der Waals surface area contributed by atoms with Crippen molar-refractivity contribution in [3.8, 4) is 0 Å². The molecule has 0 spiro atoms. The van der Waals surface area contributed by atoms with E-state index < -0.39 is 23.5 Å². The third-order valence-electron chi connectivity index (χ3n) is 2.23. The van der Waals surface area contributed by atoms with E-state index in [4.69, 9.17) is 38.9 Å². The standard InChI is InChI=1S/C9H10Cl2F3N3O2/c1-3(9(12,13)14)19-7-4(10)2-16-6(5(7)11)8(15)17-18/h3-4,18H,2H2,1H3,(H2,15,17). The largest absolute Gasteiger partial charge is 0.482 e. The van der Waals surface area contributed by atoms with Crippen molar-refractivity contribution in [2.24, 2.45) is 15.9 Å². The third-order valence-corrected chi connectivity index (χ3v) is 2.93. The molecule has 1 heterocycles. The van der Waals surface area contributed by atoms with Gasteiger partial charge in [-0.2, -0.15) is 13.2 Å². The predicted molar refractivity (Wildman–Crippen MR) is 64.8 cm³/mol. The topological polar surface area (TPSA) is 80.2 Å². The summed E-state index contributed by atoms with van der Waals surface area (Å²) in [6.07, 6.45) is -6.66. The molecule has 0 fully saturated rings. The first kappa shape index (κ1) is 15.9. The SMILES string of the molecule is CC(OC1=C(Cl)C(/C(N)=N/O)=NCC1Cl)C(F)(F)F. The molecule has 0 amide bonds. The quantitative estimate of drug-likeness (QED) is 0.275. The average molecular weight is 320 g/mol. The van der Waals surface area contributed by atoms with Crippen molar-refractivity contribution in [2.75, 3.05) is 6.54 Å². The van der Waals surface area contributed by atoms with Crippen LogP contribution in [0.1, 0.15) is 6.92 Å². The smallest absolute Gasteiger partial charge is 0.425 e. The molecule has 0 bridgehead atoms. The van der Waals surface area contributed by atoms with Crippen molar-refractivity contribution in [1.29, 1.82) is 0 Å². The fraction of sp³-hybridized carbons (Fsp3) is 0.556.